The van der Waals surface area contributed by atoms with Crippen molar-refractivity contribution in [1.29, 1.82) is 0 Å². The van der Waals surface area contributed by atoms with Crippen LogP contribution in [0.25, 0.3) is 0 Å². The van der Waals surface area contributed by atoms with Crippen molar-refractivity contribution < 1.29 is 17.6 Å². The molecule has 102 valence electrons. The van der Waals surface area contributed by atoms with E-state index in [1.54, 1.807) is 12.2 Å². The second-order valence-corrected chi connectivity index (χ2v) is 6.04. The van der Waals surface area contributed by atoms with Gasteiger partial charge in [-0.2, -0.15) is 0 Å². The fourth-order valence-corrected chi connectivity index (χ4v) is 3.63. The summed E-state index contributed by atoms with van der Waals surface area (Å²) < 4.78 is 57.2. The summed E-state index contributed by atoms with van der Waals surface area (Å²) in [6.07, 6.45) is 3.35. The van der Waals surface area contributed by atoms with E-state index in [0.717, 1.165) is 22.7 Å². The van der Waals surface area contributed by atoms with Crippen LogP contribution in [-0.4, -0.2) is 0 Å². The number of thiophene rings is 2. The molecule has 0 nitrogen and oxygen atoms in total. The van der Waals surface area contributed by atoms with E-state index in [4.69, 9.17) is 0 Å². The SMILES string of the molecule is FC1=[C]C(F)(c2cccs2)C(F)(c2cccs2)[C]=C1F. The Bertz CT molecular complexity index is 612. The molecule has 0 saturated carbocycles. The fourth-order valence-electron chi connectivity index (χ4n) is 2.00. The standard InChI is InChI=1S/C14H6F4S2/c15-9-7-13(17,11-3-1-5-19-11)14(18,8-10(9)16)12-4-2-6-20-12/h1-6H. The van der Waals surface area contributed by atoms with E-state index in [2.05, 4.69) is 0 Å². The molecular formula is C14H6F4S2. The molecule has 0 fully saturated rings. The van der Waals surface area contributed by atoms with E-state index in [-0.39, 0.29) is 9.75 Å². The summed E-state index contributed by atoms with van der Waals surface area (Å²) in [5, 5.41) is 3.06. The van der Waals surface area contributed by atoms with E-state index >= 15 is 8.78 Å². The zero-order valence-electron chi connectivity index (χ0n) is 9.79. The lowest BCUT2D eigenvalue weighted by Crippen LogP contribution is -2.42. The van der Waals surface area contributed by atoms with Crippen LogP contribution in [0.3, 0.4) is 0 Å². The van der Waals surface area contributed by atoms with Crippen molar-refractivity contribution in [3.8, 4) is 0 Å². The number of hydrogen-bond donors (Lipinski definition) is 0. The van der Waals surface area contributed by atoms with Gasteiger partial charge in [0.2, 0.25) is 11.3 Å². The zero-order valence-corrected chi connectivity index (χ0v) is 11.4. The van der Waals surface area contributed by atoms with Crippen molar-refractivity contribution in [2.45, 2.75) is 11.3 Å². The molecule has 2 aromatic heterocycles. The maximum Gasteiger partial charge on any atom is 0.216 e. The van der Waals surface area contributed by atoms with Crippen molar-refractivity contribution in [2.75, 3.05) is 0 Å². The molecule has 2 heterocycles. The van der Waals surface area contributed by atoms with Crippen LogP contribution in [0.15, 0.2) is 46.7 Å². The molecule has 2 unspecified atom stereocenters. The van der Waals surface area contributed by atoms with Crippen LogP contribution in [0.2, 0.25) is 0 Å². The lowest BCUT2D eigenvalue weighted by molar-refractivity contribution is 0.0105. The molecule has 2 radical (unpaired) electrons. The minimum atomic E-state index is -2.94. The van der Waals surface area contributed by atoms with E-state index in [0.29, 0.717) is 0 Å². The summed E-state index contributed by atoms with van der Waals surface area (Å²) in [5.74, 6) is -3.13. The normalized spacial score (nSPS) is 30.0. The lowest BCUT2D eigenvalue weighted by Gasteiger charge is -2.35. The largest absolute Gasteiger partial charge is 0.228 e. The van der Waals surface area contributed by atoms with Gasteiger partial charge in [-0.1, -0.05) is 12.1 Å². The number of halogens is 4. The predicted octanol–water partition coefficient (Wildman–Crippen LogP) is 5.17. The van der Waals surface area contributed by atoms with Crippen LogP contribution in [0.4, 0.5) is 17.6 Å². The molecule has 2 aromatic rings. The number of rotatable bonds is 2. The van der Waals surface area contributed by atoms with Crippen molar-refractivity contribution in [1.82, 2.24) is 0 Å². The Morgan fingerprint density at radius 2 is 1.20 bits per heavy atom. The molecule has 0 saturated heterocycles. The molecule has 0 spiro atoms. The van der Waals surface area contributed by atoms with Crippen LogP contribution in [0.5, 0.6) is 0 Å². The highest BCUT2D eigenvalue weighted by Crippen LogP contribution is 2.54. The molecule has 0 amide bonds. The lowest BCUT2D eigenvalue weighted by atomic mass is 9.79. The van der Waals surface area contributed by atoms with Gasteiger partial charge in [-0.15, -0.1) is 22.7 Å². The van der Waals surface area contributed by atoms with Gasteiger partial charge in [-0.3, -0.25) is 0 Å². The molecule has 6 heteroatoms. The second kappa shape index (κ2) is 4.56. The molecule has 0 N–H and O–H groups in total. The molecule has 1 aliphatic rings. The third-order valence-corrected chi connectivity index (χ3v) is 4.88. The zero-order chi connectivity index (χ0) is 14.4. The van der Waals surface area contributed by atoms with Gasteiger partial charge in [0, 0.05) is 12.2 Å². The Morgan fingerprint density at radius 1 is 0.800 bits per heavy atom. The molecule has 0 aliphatic heterocycles. The van der Waals surface area contributed by atoms with Gasteiger partial charge in [0.1, 0.15) is 0 Å². The average Bonchev–Trinajstić information content (AvgIpc) is 3.09. The Morgan fingerprint density at radius 3 is 1.50 bits per heavy atom. The number of alkyl halides is 2. The highest BCUT2D eigenvalue weighted by Gasteiger charge is 2.58. The highest BCUT2D eigenvalue weighted by molar-refractivity contribution is 7.10. The maximum atomic E-state index is 15.2. The van der Waals surface area contributed by atoms with Gasteiger partial charge in [-0.05, 0) is 22.9 Å². The Hall–Kier alpha value is -1.40. The molecule has 2 atom stereocenters. The van der Waals surface area contributed by atoms with Crippen molar-refractivity contribution in [2.24, 2.45) is 0 Å². The summed E-state index contributed by atoms with van der Waals surface area (Å²) in [7, 11) is 0. The Balaban J connectivity index is 2.25. The quantitative estimate of drug-likeness (QED) is 0.671. The summed E-state index contributed by atoms with van der Waals surface area (Å²) in [4.78, 5) is -0.188. The van der Waals surface area contributed by atoms with Crippen molar-refractivity contribution in [3.63, 3.8) is 0 Å². The molecule has 3 rings (SSSR count). The minimum absolute atomic E-state index is 0.0939. The van der Waals surface area contributed by atoms with E-state index < -0.39 is 23.0 Å². The van der Waals surface area contributed by atoms with Gasteiger partial charge in [0.05, 0.1) is 9.75 Å². The average molecular weight is 314 g/mol. The summed E-state index contributed by atoms with van der Waals surface area (Å²) in [6.45, 7) is 0. The molecule has 20 heavy (non-hydrogen) atoms. The first kappa shape index (κ1) is 13.6. The monoisotopic (exact) mass is 314 g/mol. The topological polar surface area (TPSA) is 0 Å². The van der Waals surface area contributed by atoms with E-state index in [9.17, 15) is 8.78 Å². The number of allylic oxidation sites excluding steroid dienone is 4. The first-order valence-corrected chi connectivity index (χ1v) is 7.31. The first-order valence-electron chi connectivity index (χ1n) is 5.55. The summed E-state index contributed by atoms with van der Waals surface area (Å²) in [5.41, 5.74) is -5.88. The van der Waals surface area contributed by atoms with Crippen LogP contribution >= 0.6 is 22.7 Å². The predicted molar refractivity (Wildman–Crippen MR) is 69.9 cm³/mol. The minimum Gasteiger partial charge on any atom is -0.228 e. The second-order valence-electron chi connectivity index (χ2n) is 4.15. The van der Waals surface area contributed by atoms with Gasteiger partial charge >= 0.3 is 0 Å². The molecule has 0 bridgehead atoms. The summed E-state index contributed by atoms with van der Waals surface area (Å²) in [6, 6.07) is 5.64. The smallest absolute Gasteiger partial charge is 0.216 e. The van der Waals surface area contributed by atoms with Crippen LogP contribution in [0.1, 0.15) is 9.75 Å². The third kappa shape index (κ3) is 1.78. The first-order chi connectivity index (χ1) is 9.47. The highest BCUT2D eigenvalue weighted by atomic mass is 32.1. The fraction of sp³-hybridized carbons (Fsp3) is 0.143. The van der Waals surface area contributed by atoms with Gasteiger partial charge < -0.3 is 0 Å². The molecule has 1 aliphatic carbocycles. The molecule has 0 aromatic carbocycles. The third-order valence-electron chi connectivity index (χ3n) is 2.95. The Kier molecular flexibility index (Phi) is 3.10. The van der Waals surface area contributed by atoms with Crippen molar-refractivity contribution >= 4 is 22.7 Å². The maximum absolute atomic E-state index is 15.2. The molecular weight excluding hydrogens is 308 g/mol. The van der Waals surface area contributed by atoms with E-state index in [1.165, 1.54) is 35.0 Å². The van der Waals surface area contributed by atoms with Crippen LogP contribution in [0, 0.1) is 12.2 Å². The van der Waals surface area contributed by atoms with Crippen molar-refractivity contribution in [3.05, 3.63) is 68.6 Å². The van der Waals surface area contributed by atoms with Gasteiger partial charge in [0.15, 0.2) is 11.7 Å². The van der Waals surface area contributed by atoms with Gasteiger partial charge in [-0.25, -0.2) is 17.6 Å². The van der Waals surface area contributed by atoms with E-state index in [1.807, 2.05) is 0 Å². The van der Waals surface area contributed by atoms with Crippen LogP contribution in [-0.2, 0) is 11.3 Å². The Labute approximate surface area is 120 Å². The van der Waals surface area contributed by atoms with Crippen LogP contribution < -0.4 is 0 Å². The number of hydrogen-bond acceptors (Lipinski definition) is 2. The summed E-state index contributed by atoms with van der Waals surface area (Å²) >= 11 is 1.81. The van der Waals surface area contributed by atoms with Gasteiger partial charge in [0.25, 0.3) is 0 Å².